The van der Waals surface area contributed by atoms with Crippen molar-refractivity contribution in [2.24, 2.45) is 0 Å². The third-order valence-corrected chi connectivity index (χ3v) is 4.68. The molecule has 2 heterocycles. The molecule has 1 aliphatic heterocycles. The van der Waals surface area contributed by atoms with Gasteiger partial charge in [0, 0.05) is 23.8 Å². The highest BCUT2D eigenvalue weighted by atomic mass is 16.5. The van der Waals surface area contributed by atoms with Crippen molar-refractivity contribution in [1.29, 1.82) is 0 Å². The second-order valence-corrected chi connectivity index (χ2v) is 6.48. The van der Waals surface area contributed by atoms with Gasteiger partial charge in [-0.1, -0.05) is 42.5 Å². The molecule has 25 heavy (non-hydrogen) atoms. The third-order valence-electron chi connectivity index (χ3n) is 4.68. The van der Waals surface area contributed by atoms with Gasteiger partial charge in [0.15, 0.2) is 0 Å². The van der Waals surface area contributed by atoms with E-state index in [2.05, 4.69) is 41.4 Å². The maximum Gasteiger partial charge on any atom is 0.217 e. The van der Waals surface area contributed by atoms with E-state index in [0.29, 0.717) is 18.9 Å². The molecule has 4 rings (SSSR count). The molecule has 1 aromatic heterocycles. The number of benzene rings is 2. The molecule has 4 heteroatoms. The van der Waals surface area contributed by atoms with Gasteiger partial charge in [-0.15, -0.1) is 0 Å². The smallest absolute Gasteiger partial charge is 0.217 e. The molecule has 3 aromatic rings. The minimum absolute atomic E-state index is 0.000853. The second-order valence-electron chi connectivity index (χ2n) is 6.48. The highest BCUT2D eigenvalue weighted by Gasteiger charge is 2.24. The molecule has 0 saturated carbocycles. The SMILES string of the molecule is COc1nc2ccccc2cc1Cc1ccc(C2CC(O)CO2)cc1. The first-order valence-corrected chi connectivity index (χ1v) is 8.54. The van der Waals surface area contributed by atoms with Gasteiger partial charge in [0.05, 0.1) is 31.4 Å². The van der Waals surface area contributed by atoms with Crippen LogP contribution in [0.4, 0.5) is 0 Å². The molecule has 2 unspecified atom stereocenters. The molecular weight excluding hydrogens is 314 g/mol. The molecule has 128 valence electrons. The van der Waals surface area contributed by atoms with Crippen molar-refractivity contribution in [1.82, 2.24) is 4.98 Å². The lowest BCUT2D eigenvalue weighted by Crippen LogP contribution is -2.03. The molecule has 1 N–H and O–H groups in total. The lowest BCUT2D eigenvalue weighted by atomic mass is 10.00. The summed E-state index contributed by atoms with van der Waals surface area (Å²) in [5.74, 6) is 0.671. The minimum Gasteiger partial charge on any atom is -0.481 e. The number of aliphatic hydroxyl groups excluding tert-OH is 1. The molecule has 0 spiro atoms. The highest BCUT2D eigenvalue weighted by molar-refractivity contribution is 5.80. The van der Waals surface area contributed by atoms with Gasteiger partial charge in [-0.25, -0.2) is 4.98 Å². The third kappa shape index (κ3) is 3.36. The summed E-state index contributed by atoms with van der Waals surface area (Å²) in [5.41, 5.74) is 4.32. The van der Waals surface area contributed by atoms with Crippen LogP contribution in [0.3, 0.4) is 0 Å². The van der Waals surface area contributed by atoms with E-state index in [4.69, 9.17) is 9.47 Å². The zero-order valence-electron chi connectivity index (χ0n) is 14.2. The number of nitrogens with zero attached hydrogens (tertiary/aromatic N) is 1. The number of ether oxygens (including phenoxy) is 2. The Morgan fingerprint density at radius 3 is 2.68 bits per heavy atom. The van der Waals surface area contributed by atoms with Crippen molar-refractivity contribution in [2.75, 3.05) is 13.7 Å². The zero-order valence-corrected chi connectivity index (χ0v) is 14.2. The van der Waals surface area contributed by atoms with E-state index in [1.165, 1.54) is 5.56 Å². The van der Waals surface area contributed by atoms with Crippen LogP contribution in [-0.2, 0) is 11.2 Å². The largest absolute Gasteiger partial charge is 0.481 e. The molecule has 4 nitrogen and oxygen atoms in total. The molecular formula is C21H21NO3. The Balaban J connectivity index is 1.58. The Kier molecular flexibility index (Phi) is 4.38. The summed E-state index contributed by atoms with van der Waals surface area (Å²) < 4.78 is 11.1. The van der Waals surface area contributed by atoms with E-state index in [1.54, 1.807) is 7.11 Å². The second kappa shape index (κ2) is 6.82. The van der Waals surface area contributed by atoms with Gasteiger partial charge in [0.1, 0.15) is 0 Å². The number of rotatable bonds is 4. The van der Waals surface area contributed by atoms with Gasteiger partial charge in [-0.05, 0) is 23.3 Å². The Bertz CT molecular complexity index is 876. The Hall–Kier alpha value is -2.43. The summed E-state index contributed by atoms with van der Waals surface area (Å²) in [6, 6.07) is 18.6. The van der Waals surface area contributed by atoms with Gasteiger partial charge in [0.25, 0.3) is 0 Å². The Morgan fingerprint density at radius 2 is 1.96 bits per heavy atom. The average molecular weight is 335 g/mol. The number of fused-ring (bicyclic) bond motifs is 1. The van der Waals surface area contributed by atoms with Gasteiger partial charge in [-0.3, -0.25) is 0 Å². The van der Waals surface area contributed by atoms with Crippen molar-refractivity contribution < 1.29 is 14.6 Å². The Labute approximate surface area is 147 Å². The maximum atomic E-state index is 9.61. The first-order valence-electron chi connectivity index (χ1n) is 8.54. The lowest BCUT2D eigenvalue weighted by molar-refractivity contribution is 0.0888. The molecule has 0 amide bonds. The van der Waals surface area contributed by atoms with Gasteiger partial charge < -0.3 is 14.6 Å². The molecule has 1 aliphatic rings. The monoisotopic (exact) mass is 335 g/mol. The summed E-state index contributed by atoms with van der Waals surface area (Å²) >= 11 is 0. The van der Waals surface area contributed by atoms with Crippen LogP contribution in [0, 0.1) is 0 Å². The van der Waals surface area contributed by atoms with Crippen LogP contribution >= 0.6 is 0 Å². The molecule has 1 fully saturated rings. The molecule has 0 aliphatic carbocycles. The molecule has 0 bridgehead atoms. The van der Waals surface area contributed by atoms with E-state index in [-0.39, 0.29) is 12.2 Å². The topological polar surface area (TPSA) is 51.6 Å². The fourth-order valence-corrected chi connectivity index (χ4v) is 3.36. The zero-order chi connectivity index (χ0) is 17.2. The van der Waals surface area contributed by atoms with Gasteiger partial charge >= 0.3 is 0 Å². The predicted octanol–water partition coefficient (Wildman–Crippen LogP) is 3.66. The number of methoxy groups -OCH3 is 1. The average Bonchev–Trinajstić information content (AvgIpc) is 3.08. The van der Waals surface area contributed by atoms with Gasteiger partial charge in [0.2, 0.25) is 5.88 Å². The standard InChI is InChI=1S/C21H21NO3/c1-24-21-17(11-16-4-2-3-5-19(16)22-21)10-14-6-8-15(9-7-14)20-12-18(23)13-25-20/h2-9,11,18,20,23H,10,12-13H2,1H3. The van der Waals surface area contributed by atoms with E-state index in [0.717, 1.165) is 28.5 Å². The molecule has 2 atom stereocenters. The van der Waals surface area contributed by atoms with E-state index in [1.807, 2.05) is 18.2 Å². The minimum atomic E-state index is -0.349. The van der Waals surface area contributed by atoms with Gasteiger partial charge in [-0.2, -0.15) is 0 Å². The number of aliphatic hydroxyl groups is 1. The first kappa shape index (κ1) is 16.1. The fraction of sp³-hybridized carbons (Fsp3) is 0.286. The molecule has 2 aromatic carbocycles. The van der Waals surface area contributed by atoms with Crippen LogP contribution in [0.5, 0.6) is 5.88 Å². The van der Waals surface area contributed by atoms with Crippen molar-refractivity contribution in [3.63, 3.8) is 0 Å². The summed E-state index contributed by atoms with van der Waals surface area (Å²) in [6.45, 7) is 0.423. The number of pyridine rings is 1. The predicted molar refractivity (Wildman–Crippen MR) is 96.9 cm³/mol. The first-order chi connectivity index (χ1) is 12.2. The van der Waals surface area contributed by atoms with Crippen LogP contribution in [0.1, 0.15) is 29.2 Å². The van der Waals surface area contributed by atoms with Crippen LogP contribution in [0.2, 0.25) is 0 Å². The normalized spacial score (nSPS) is 20.1. The summed E-state index contributed by atoms with van der Waals surface area (Å²) in [5, 5.41) is 10.7. The summed E-state index contributed by atoms with van der Waals surface area (Å²) in [4.78, 5) is 4.61. The highest BCUT2D eigenvalue weighted by Crippen LogP contribution is 2.30. The lowest BCUT2D eigenvalue weighted by Gasteiger charge is -2.12. The van der Waals surface area contributed by atoms with E-state index < -0.39 is 0 Å². The molecule has 0 radical (unpaired) electrons. The van der Waals surface area contributed by atoms with Crippen molar-refractivity contribution in [2.45, 2.75) is 25.0 Å². The fourth-order valence-electron chi connectivity index (χ4n) is 3.36. The van der Waals surface area contributed by atoms with E-state index >= 15 is 0 Å². The number of aromatic nitrogens is 1. The number of hydrogen-bond acceptors (Lipinski definition) is 4. The van der Waals surface area contributed by atoms with Crippen LogP contribution in [-0.4, -0.2) is 29.9 Å². The summed E-state index contributed by atoms with van der Waals surface area (Å²) in [7, 11) is 1.66. The molecule has 1 saturated heterocycles. The van der Waals surface area contributed by atoms with Crippen molar-refractivity contribution in [3.05, 3.63) is 71.3 Å². The van der Waals surface area contributed by atoms with Crippen molar-refractivity contribution >= 4 is 10.9 Å². The summed E-state index contributed by atoms with van der Waals surface area (Å²) in [6.07, 6.45) is 1.08. The van der Waals surface area contributed by atoms with Crippen LogP contribution in [0.25, 0.3) is 10.9 Å². The number of hydrogen-bond donors (Lipinski definition) is 1. The Morgan fingerprint density at radius 1 is 1.16 bits per heavy atom. The quantitative estimate of drug-likeness (QED) is 0.790. The maximum absolute atomic E-state index is 9.61. The van der Waals surface area contributed by atoms with Crippen LogP contribution in [0.15, 0.2) is 54.6 Å². The van der Waals surface area contributed by atoms with Crippen molar-refractivity contribution in [3.8, 4) is 5.88 Å². The van der Waals surface area contributed by atoms with E-state index in [9.17, 15) is 5.11 Å². The number of para-hydroxylation sites is 1. The van der Waals surface area contributed by atoms with Crippen LogP contribution < -0.4 is 4.74 Å².